The number of esters is 1. The molecule has 21 heavy (non-hydrogen) atoms. The van der Waals surface area contributed by atoms with Gasteiger partial charge in [-0.05, 0) is 24.7 Å². The van der Waals surface area contributed by atoms with Gasteiger partial charge in [-0.3, -0.25) is 9.59 Å². The second kappa shape index (κ2) is 8.00. The summed E-state index contributed by atoms with van der Waals surface area (Å²) in [6.07, 6.45) is 3.98. The van der Waals surface area contributed by atoms with Gasteiger partial charge in [-0.15, -0.1) is 0 Å². The van der Waals surface area contributed by atoms with Gasteiger partial charge in [-0.2, -0.15) is 0 Å². The number of rotatable bonds is 6. The predicted molar refractivity (Wildman–Crippen MR) is 78.3 cm³/mol. The Labute approximate surface area is 126 Å². The third kappa shape index (κ3) is 5.02. The van der Waals surface area contributed by atoms with Crippen LogP contribution in [-0.4, -0.2) is 37.0 Å². The lowest BCUT2D eigenvalue weighted by Crippen LogP contribution is -2.55. The summed E-state index contributed by atoms with van der Waals surface area (Å²) in [7, 11) is 1.30. The highest BCUT2D eigenvalue weighted by molar-refractivity contribution is 5.90. The normalized spacial score (nSPS) is 18.1. The van der Waals surface area contributed by atoms with Gasteiger partial charge in [-0.25, -0.2) is 4.79 Å². The SMILES string of the molecule is COC(=O)[C@@H](NC(=O)[C@@H](NC(C)=O)C1CCCC1)C(C)C. The number of ether oxygens (including phenoxy) is 1. The Hall–Kier alpha value is -1.59. The molecule has 1 rings (SSSR count). The van der Waals surface area contributed by atoms with Gasteiger partial charge in [0.25, 0.3) is 0 Å². The van der Waals surface area contributed by atoms with E-state index in [2.05, 4.69) is 10.6 Å². The number of amides is 2. The lowest BCUT2D eigenvalue weighted by molar-refractivity contribution is -0.146. The molecule has 0 bridgehead atoms. The molecule has 1 saturated carbocycles. The van der Waals surface area contributed by atoms with Crippen LogP contribution >= 0.6 is 0 Å². The van der Waals surface area contributed by atoms with Crippen molar-refractivity contribution < 1.29 is 19.1 Å². The molecule has 1 aliphatic rings. The van der Waals surface area contributed by atoms with E-state index in [1.54, 1.807) is 0 Å². The quantitative estimate of drug-likeness (QED) is 0.716. The summed E-state index contributed by atoms with van der Waals surface area (Å²) in [6.45, 7) is 5.07. The fraction of sp³-hybridized carbons (Fsp3) is 0.800. The fourth-order valence-electron chi connectivity index (χ4n) is 2.77. The van der Waals surface area contributed by atoms with Crippen LogP contribution in [0.3, 0.4) is 0 Å². The Bertz CT molecular complexity index is 389. The minimum atomic E-state index is -0.694. The molecule has 0 spiro atoms. The van der Waals surface area contributed by atoms with E-state index in [9.17, 15) is 14.4 Å². The molecule has 0 aliphatic heterocycles. The van der Waals surface area contributed by atoms with Crippen molar-refractivity contribution in [3.8, 4) is 0 Å². The standard InChI is InChI=1S/C15H26N2O4/c1-9(2)12(15(20)21-4)17-14(19)13(16-10(3)18)11-7-5-6-8-11/h9,11-13H,5-8H2,1-4H3,(H,16,18)(H,17,19)/t12-,13-/m0/s1. The van der Waals surface area contributed by atoms with E-state index in [0.29, 0.717) is 0 Å². The van der Waals surface area contributed by atoms with Crippen LogP contribution in [0.2, 0.25) is 0 Å². The van der Waals surface area contributed by atoms with Crippen molar-refractivity contribution in [1.29, 1.82) is 0 Å². The summed E-state index contributed by atoms with van der Waals surface area (Å²) < 4.78 is 4.72. The predicted octanol–water partition coefficient (Wildman–Crippen LogP) is 0.995. The number of hydrogen-bond donors (Lipinski definition) is 2. The van der Waals surface area contributed by atoms with Crippen LogP contribution in [0.5, 0.6) is 0 Å². The lowest BCUT2D eigenvalue weighted by atomic mass is 9.96. The van der Waals surface area contributed by atoms with Crippen molar-refractivity contribution in [2.75, 3.05) is 7.11 Å². The van der Waals surface area contributed by atoms with Crippen LogP contribution in [0, 0.1) is 11.8 Å². The minimum Gasteiger partial charge on any atom is -0.467 e. The zero-order valence-electron chi connectivity index (χ0n) is 13.3. The maximum atomic E-state index is 12.5. The number of nitrogens with one attached hydrogen (secondary N) is 2. The van der Waals surface area contributed by atoms with Crippen molar-refractivity contribution >= 4 is 17.8 Å². The molecule has 0 aromatic rings. The van der Waals surface area contributed by atoms with Gasteiger partial charge in [0.05, 0.1) is 7.11 Å². The van der Waals surface area contributed by atoms with E-state index in [4.69, 9.17) is 4.74 Å². The Kier molecular flexibility index (Phi) is 6.65. The first-order chi connectivity index (χ1) is 9.86. The second-order valence-corrected chi connectivity index (χ2v) is 5.98. The van der Waals surface area contributed by atoms with Gasteiger partial charge < -0.3 is 15.4 Å². The molecule has 120 valence electrons. The minimum absolute atomic E-state index is 0.0806. The maximum absolute atomic E-state index is 12.5. The highest BCUT2D eigenvalue weighted by atomic mass is 16.5. The molecule has 0 saturated heterocycles. The number of methoxy groups -OCH3 is 1. The van der Waals surface area contributed by atoms with Crippen molar-refractivity contribution in [2.24, 2.45) is 11.8 Å². The van der Waals surface area contributed by atoms with Gasteiger partial charge in [0.1, 0.15) is 12.1 Å². The van der Waals surface area contributed by atoms with E-state index >= 15 is 0 Å². The largest absolute Gasteiger partial charge is 0.467 e. The maximum Gasteiger partial charge on any atom is 0.328 e. The molecule has 0 aromatic heterocycles. The highest BCUT2D eigenvalue weighted by Gasteiger charge is 2.34. The first-order valence-electron chi connectivity index (χ1n) is 7.52. The average molecular weight is 298 g/mol. The third-order valence-electron chi connectivity index (χ3n) is 3.93. The van der Waals surface area contributed by atoms with Crippen LogP contribution < -0.4 is 10.6 Å². The van der Waals surface area contributed by atoms with E-state index < -0.39 is 18.1 Å². The number of hydrogen-bond acceptors (Lipinski definition) is 4. The fourth-order valence-corrected chi connectivity index (χ4v) is 2.77. The van der Waals surface area contributed by atoms with Crippen LogP contribution in [0.15, 0.2) is 0 Å². The van der Waals surface area contributed by atoms with E-state index in [1.165, 1.54) is 14.0 Å². The van der Waals surface area contributed by atoms with Gasteiger partial charge in [-0.1, -0.05) is 26.7 Å². The van der Waals surface area contributed by atoms with Crippen molar-refractivity contribution in [1.82, 2.24) is 10.6 Å². The van der Waals surface area contributed by atoms with Crippen molar-refractivity contribution in [2.45, 2.75) is 58.5 Å². The van der Waals surface area contributed by atoms with E-state index in [-0.39, 0.29) is 23.7 Å². The van der Waals surface area contributed by atoms with Crippen molar-refractivity contribution in [3.63, 3.8) is 0 Å². The zero-order chi connectivity index (χ0) is 16.0. The summed E-state index contributed by atoms with van der Waals surface area (Å²) in [5.41, 5.74) is 0. The molecule has 2 atom stereocenters. The number of carbonyl (C=O) groups excluding carboxylic acids is 3. The summed E-state index contributed by atoms with van der Waals surface area (Å²) in [4.78, 5) is 35.5. The second-order valence-electron chi connectivity index (χ2n) is 5.98. The first kappa shape index (κ1) is 17.5. The topological polar surface area (TPSA) is 84.5 Å². The summed E-state index contributed by atoms with van der Waals surface area (Å²) >= 11 is 0. The van der Waals surface area contributed by atoms with Gasteiger partial charge in [0, 0.05) is 6.92 Å². The smallest absolute Gasteiger partial charge is 0.328 e. The molecule has 1 aliphatic carbocycles. The Balaban J connectivity index is 2.78. The van der Waals surface area contributed by atoms with Gasteiger partial charge in [0.2, 0.25) is 11.8 Å². The van der Waals surface area contributed by atoms with Crippen LogP contribution in [0.25, 0.3) is 0 Å². The summed E-state index contributed by atoms with van der Waals surface area (Å²) in [5, 5.41) is 5.44. The Morgan fingerprint density at radius 1 is 1.10 bits per heavy atom. The van der Waals surface area contributed by atoms with E-state index in [0.717, 1.165) is 25.7 Å². The average Bonchev–Trinajstić information content (AvgIpc) is 2.94. The Morgan fingerprint density at radius 3 is 2.10 bits per heavy atom. The molecule has 6 heteroatoms. The Morgan fingerprint density at radius 2 is 1.67 bits per heavy atom. The molecule has 0 radical (unpaired) electrons. The van der Waals surface area contributed by atoms with Crippen LogP contribution in [0.4, 0.5) is 0 Å². The zero-order valence-corrected chi connectivity index (χ0v) is 13.3. The molecule has 0 aromatic carbocycles. The molecule has 0 unspecified atom stereocenters. The molecular weight excluding hydrogens is 272 g/mol. The molecule has 0 heterocycles. The molecular formula is C15H26N2O4. The summed E-state index contributed by atoms with van der Waals surface area (Å²) in [5.74, 6) is -0.948. The van der Waals surface area contributed by atoms with Crippen molar-refractivity contribution in [3.05, 3.63) is 0 Å². The lowest BCUT2D eigenvalue weighted by Gasteiger charge is -2.27. The molecule has 6 nitrogen and oxygen atoms in total. The number of carbonyl (C=O) groups is 3. The van der Waals surface area contributed by atoms with Crippen LogP contribution in [0.1, 0.15) is 46.5 Å². The van der Waals surface area contributed by atoms with Crippen LogP contribution in [-0.2, 0) is 19.1 Å². The molecule has 1 fully saturated rings. The first-order valence-corrected chi connectivity index (χ1v) is 7.52. The molecule has 2 amide bonds. The third-order valence-corrected chi connectivity index (χ3v) is 3.93. The van der Waals surface area contributed by atoms with E-state index in [1.807, 2.05) is 13.8 Å². The van der Waals surface area contributed by atoms with Gasteiger partial charge in [0.15, 0.2) is 0 Å². The molecule has 2 N–H and O–H groups in total. The monoisotopic (exact) mass is 298 g/mol. The summed E-state index contributed by atoms with van der Waals surface area (Å²) in [6, 6.07) is -1.27. The van der Waals surface area contributed by atoms with Gasteiger partial charge >= 0.3 is 5.97 Å². The highest BCUT2D eigenvalue weighted by Crippen LogP contribution is 2.28.